The molecule has 0 unspecified atom stereocenters. The fourth-order valence-electron chi connectivity index (χ4n) is 1.88. The third-order valence-corrected chi connectivity index (χ3v) is 2.45. The zero-order valence-corrected chi connectivity index (χ0v) is 8.85. The van der Waals surface area contributed by atoms with Gasteiger partial charge >= 0.3 is 0 Å². The largest absolute Gasteiger partial charge is 0.373 e. The van der Waals surface area contributed by atoms with Crippen molar-refractivity contribution < 1.29 is 23.7 Å². The van der Waals surface area contributed by atoms with Crippen LogP contribution in [0.1, 0.15) is 13.8 Å². The van der Waals surface area contributed by atoms with Gasteiger partial charge in [0.25, 0.3) is 0 Å². The summed E-state index contributed by atoms with van der Waals surface area (Å²) in [6.07, 6.45) is -1.24. The van der Waals surface area contributed by atoms with Crippen molar-refractivity contribution in [2.75, 3.05) is 14.2 Å². The van der Waals surface area contributed by atoms with Gasteiger partial charge in [0.05, 0.1) is 0 Å². The molecule has 0 aromatic heterocycles. The SMILES string of the molecule is CO[C@H]1O[C@@H]2OC(C)(C)O[C@@H]2[C@@H]1OC. The first-order chi connectivity index (χ1) is 6.57. The summed E-state index contributed by atoms with van der Waals surface area (Å²) in [7, 11) is 3.18. The van der Waals surface area contributed by atoms with Crippen LogP contribution in [0.4, 0.5) is 0 Å². The summed E-state index contributed by atoms with van der Waals surface area (Å²) in [5.41, 5.74) is 0. The lowest BCUT2D eigenvalue weighted by Crippen LogP contribution is -2.36. The van der Waals surface area contributed by atoms with Gasteiger partial charge in [0.1, 0.15) is 12.2 Å². The maximum Gasteiger partial charge on any atom is 0.193 e. The van der Waals surface area contributed by atoms with Crippen LogP contribution in [0, 0.1) is 0 Å². The van der Waals surface area contributed by atoms with E-state index in [0.717, 1.165) is 0 Å². The van der Waals surface area contributed by atoms with Gasteiger partial charge in [-0.3, -0.25) is 0 Å². The summed E-state index contributed by atoms with van der Waals surface area (Å²) in [6.45, 7) is 3.70. The average molecular weight is 204 g/mol. The molecule has 0 aromatic rings. The average Bonchev–Trinajstić information content (AvgIpc) is 2.55. The van der Waals surface area contributed by atoms with E-state index in [0.29, 0.717) is 0 Å². The van der Waals surface area contributed by atoms with Crippen LogP contribution in [0.5, 0.6) is 0 Å². The van der Waals surface area contributed by atoms with Gasteiger partial charge in [-0.15, -0.1) is 0 Å². The number of rotatable bonds is 2. The van der Waals surface area contributed by atoms with Crippen molar-refractivity contribution in [2.24, 2.45) is 0 Å². The Labute approximate surface area is 83.2 Å². The van der Waals surface area contributed by atoms with Crippen LogP contribution in [-0.4, -0.2) is 44.8 Å². The standard InChI is InChI=1S/C9H16O5/c1-9(2)13-6-5(10-3)7(11-4)12-8(6)14-9/h5-8H,1-4H3/t5-,6+,7-,8+/m0/s1. The van der Waals surface area contributed by atoms with Gasteiger partial charge in [0, 0.05) is 14.2 Å². The molecular formula is C9H16O5. The van der Waals surface area contributed by atoms with Gasteiger partial charge in [0.15, 0.2) is 18.4 Å². The normalized spacial score (nSPS) is 45.4. The number of methoxy groups -OCH3 is 2. The molecule has 0 aliphatic carbocycles. The molecule has 2 heterocycles. The lowest BCUT2D eigenvalue weighted by Gasteiger charge is -2.23. The minimum Gasteiger partial charge on any atom is -0.373 e. The number of ether oxygens (including phenoxy) is 5. The van der Waals surface area contributed by atoms with Gasteiger partial charge in [-0.1, -0.05) is 0 Å². The summed E-state index contributed by atoms with van der Waals surface area (Å²) in [6, 6.07) is 0. The Morgan fingerprint density at radius 3 is 2.36 bits per heavy atom. The first-order valence-electron chi connectivity index (χ1n) is 4.64. The maximum atomic E-state index is 5.66. The molecule has 5 nitrogen and oxygen atoms in total. The van der Waals surface area contributed by atoms with E-state index < -0.39 is 12.1 Å². The van der Waals surface area contributed by atoms with Crippen LogP contribution < -0.4 is 0 Å². The van der Waals surface area contributed by atoms with Crippen LogP contribution in [0.25, 0.3) is 0 Å². The predicted molar refractivity (Wildman–Crippen MR) is 46.5 cm³/mol. The molecule has 0 amide bonds. The minimum atomic E-state index is -0.606. The lowest BCUT2D eigenvalue weighted by atomic mass is 10.2. The van der Waals surface area contributed by atoms with Crippen molar-refractivity contribution in [1.29, 1.82) is 0 Å². The van der Waals surface area contributed by atoms with Gasteiger partial charge < -0.3 is 23.7 Å². The molecule has 0 bridgehead atoms. The highest BCUT2D eigenvalue weighted by Gasteiger charge is 2.55. The van der Waals surface area contributed by atoms with Crippen LogP contribution in [0.15, 0.2) is 0 Å². The molecule has 14 heavy (non-hydrogen) atoms. The second-order valence-corrected chi connectivity index (χ2v) is 3.91. The van der Waals surface area contributed by atoms with E-state index in [2.05, 4.69) is 0 Å². The highest BCUT2D eigenvalue weighted by molar-refractivity contribution is 4.90. The van der Waals surface area contributed by atoms with E-state index in [1.54, 1.807) is 14.2 Å². The Bertz CT molecular complexity index is 217. The summed E-state index contributed by atoms with van der Waals surface area (Å²) in [5, 5.41) is 0. The summed E-state index contributed by atoms with van der Waals surface area (Å²) >= 11 is 0. The zero-order valence-electron chi connectivity index (χ0n) is 8.85. The summed E-state index contributed by atoms with van der Waals surface area (Å²) in [5.74, 6) is -0.606. The van der Waals surface area contributed by atoms with Gasteiger partial charge in [0.2, 0.25) is 0 Å². The molecule has 2 rings (SSSR count). The van der Waals surface area contributed by atoms with Crippen molar-refractivity contribution >= 4 is 0 Å². The Morgan fingerprint density at radius 2 is 1.79 bits per heavy atom. The highest BCUT2D eigenvalue weighted by Crippen LogP contribution is 2.38. The van der Waals surface area contributed by atoms with E-state index >= 15 is 0 Å². The van der Waals surface area contributed by atoms with Crippen molar-refractivity contribution in [3.63, 3.8) is 0 Å². The molecule has 2 fully saturated rings. The van der Waals surface area contributed by atoms with Crippen molar-refractivity contribution in [1.82, 2.24) is 0 Å². The second kappa shape index (κ2) is 3.43. The van der Waals surface area contributed by atoms with Crippen LogP contribution in [0.2, 0.25) is 0 Å². The molecule has 0 saturated carbocycles. The van der Waals surface area contributed by atoms with E-state index in [4.69, 9.17) is 23.7 Å². The predicted octanol–water partition coefficient (Wildman–Crippen LogP) is 0.482. The topological polar surface area (TPSA) is 46.2 Å². The zero-order chi connectivity index (χ0) is 10.3. The quantitative estimate of drug-likeness (QED) is 0.654. The first kappa shape index (κ1) is 10.3. The Morgan fingerprint density at radius 1 is 1.07 bits per heavy atom. The fraction of sp³-hybridized carbons (Fsp3) is 1.00. The fourth-order valence-corrected chi connectivity index (χ4v) is 1.88. The lowest BCUT2D eigenvalue weighted by molar-refractivity contribution is -0.257. The molecule has 2 aliphatic rings. The first-order valence-corrected chi connectivity index (χ1v) is 4.64. The number of hydrogen-bond donors (Lipinski definition) is 0. The monoisotopic (exact) mass is 204 g/mol. The third kappa shape index (κ3) is 1.55. The van der Waals surface area contributed by atoms with E-state index in [-0.39, 0.29) is 18.5 Å². The smallest absolute Gasteiger partial charge is 0.193 e. The molecule has 0 N–H and O–H groups in total. The van der Waals surface area contributed by atoms with E-state index in [1.165, 1.54) is 0 Å². The molecule has 5 heteroatoms. The molecule has 4 atom stereocenters. The van der Waals surface area contributed by atoms with Gasteiger partial charge in [-0.05, 0) is 13.8 Å². The van der Waals surface area contributed by atoms with Crippen molar-refractivity contribution in [3.05, 3.63) is 0 Å². The van der Waals surface area contributed by atoms with Crippen LogP contribution >= 0.6 is 0 Å². The van der Waals surface area contributed by atoms with Crippen molar-refractivity contribution in [2.45, 2.75) is 44.4 Å². The molecule has 0 spiro atoms. The van der Waals surface area contributed by atoms with Crippen LogP contribution in [0.3, 0.4) is 0 Å². The van der Waals surface area contributed by atoms with Gasteiger partial charge in [-0.2, -0.15) is 0 Å². The molecular weight excluding hydrogens is 188 g/mol. The Hall–Kier alpha value is -0.200. The number of hydrogen-bond acceptors (Lipinski definition) is 5. The minimum absolute atomic E-state index is 0.208. The van der Waals surface area contributed by atoms with Gasteiger partial charge in [-0.25, -0.2) is 0 Å². The second-order valence-electron chi connectivity index (χ2n) is 3.91. The Balaban J connectivity index is 2.09. The van der Waals surface area contributed by atoms with E-state index in [1.807, 2.05) is 13.8 Å². The molecule has 82 valence electrons. The molecule has 2 saturated heterocycles. The number of fused-ring (bicyclic) bond motifs is 1. The summed E-state index contributed by atoms with van der Waals surface area (Å²) < 4.78 is 27.0. The third-order valence-electron chi connectivity index (χ3n) is 2.45. The van der Waals surface area contributed by atoms with Crippen molar-refractivity contribution in [3.8, 4) is 0 Å². The van der Waals surface area contributed by atoms with Crippen LogP contribution in [-0.2, 0) is 23.7 Å². The molecule has 2 aliphatic heterocycles. The van der Waals surface area contributed by atoms with E-state index in [9.17, 15) is 0 Å². The Kier molecular flexibility index (Phi) is 2.53. The molecule has 0 radical (unpaired) electrons. The summed E-state index contributed by atoms with van der Waals surface area (Å²) in [4.78, 5) is 0. The molecule has 0 aromatic carbocycles. The highest BCUT2D eigenvalue weighted by atomic mass is 16.9. The maximum absolute atomic E-state index is 5.66.